The molecule has 0 aliphatic carbocycles. The van der Waals surface area contributed by atoms with E-state index < -0.39 is 5.82 Å². The second-order valence-corrected chi connectivity index (χ2v) is 6.02. The maximum Gasteiger partial charge on any atom is 0.256 e. The molecule has 1 aromatic heterocycles. The summed E-state index contributed by atoms with van der Waals surface area (Å²) >= 11 is 0. The summed E-state index contributed by atoms with van der Waals surface area (Å²) < 4.78 is 13.9. The number of piperazine rings is 1. The second-order valence-electron chi connectivity index (χ2n) is 6.02. The van der Waals surface area contributed by atoms with Gasteiger partial charge in [0.2, 0.25) is 5.95 Å². The molecule has 1 aliphatic rings. The molecule has 1 saturated heterocycles. The fourth-order valence-corrected chi connectivity index (χ4v) is 3.06. The van der Waals surface area contributed by atoms with Gasteiger partial charge in [-0.1, -0.05) is 12.1 Å². The van der Waals surface area contributed by atoms with Crippen molar-refractivity contribution in [3.63, 3.8) is 0 Å². The molecule has 0 spiro atoms. The molecule has 2 heterocycles. The molecule has 3 aromatic rings. The highest BCUT2D eigenvalue weighted by Crippen LogP contribution is 2.20. The first kappa shape index (κ1) is 15.4. The van der Waals surface area contributed by atoms with Crippen molar-refractivity contribution in [2.45, 2.75) is 0 Å². The third-order valence-electron chi connectivity index (χ3n) is 4.43. The van der Waals surface area contributed by atoms with E-state index in [0.29, 0.717) is 26.2 Å². The summed E-state index contributed by atoms with van der Waals surface area (Å²) in [6.07, 6.45) is 0. The molecule has 2 N–H and O–H groups in total. The Morgan fingerprint density at radius 2 is 1.88 bits per heavy atom. The van der Waals surface area contributed by atoms with Gasteiger partial charge < -0.3 is 19.9 Å². The summed E-state index contributed by atoms with van der Waals surface area (Å²) in [5.41, 5.74) is 1.86. The average molecular weight is 340 g/mol. The van der Waals surface area contributed by atoms with E-state index in [0.717, 1.165) is 23.0 Å². The normalized spacial score (nSPS) is 14.9. The maximum atomic E-state index is 13.9. The van der Waals surface area contributed by atoms with E-state index in [9.17, 15) is 14.3 Å². The number of aromatic hydroxyl groups is 1. The Labute approximate surface area is 143 Å². The van der Waals surface area contributed by atoms with E-state index in [-0.39, 0.29) is 17.2 Å². The zero-order valence-electron chi connectivity index (χ0n) is 13.4. The van der Waals surface area contributed by atoms with Crippen LogP contribution < -0.4 is 4.90 Å². The van der Waals surface area contributed by atoms with Crippen LogP contribution in [0.5, 0.6) is 5.75 Å². The number of hydrogen-bond donors (Lipinski definition) is 2. The SMILES string of the molecule is O=C(c1ccc(O)cc1F)N1CCN(c2nc3ccccc3[nH]2)CC1. The Kier molecular flexibility index (Phi) is 3.76. The average Bonchev–Trinajstić information content (AvgIpc) is 3.05. The summed E-state index contributed by atoms with van der Waals surface area (Å²) in [5.74, 6) is -0.473. The van der Waals surface area contributed by atoms with Crippen LogP contribution in [0.2, 0.25) is 0 Å². The lowest BCUT2D eigenvalue weighted by Gasteiger charge is -2.34. The molecule has 1 fully saturated rings. The number of H-pyrrole nitrogens is 1. The summed E-state index contributed by atoms with van der Waals surface area (Å²) in [6, 6.07) is 11.4. The van der Waals surface area contributed by atoms with Crippen molar-refractivity contribution >= 4 is 22.9 Å². The number of hydrogen-bond acceptors (Lipinski definition) is 4. The number of para-hydroxylation sites is 2. The molecule has 128 valence electrons. The predicted molar refractivity (Wildman–Crippen MR) is 92.3 cm³/mol. The molecule has 0 bridgehead atoms. The zero-order chi connectivity index (χ0) is 17.4. The molecule has 25 heavy (non-hydrogen) atoms. The van der Waals surface area contributed by atoms with Crippen LogP contribution in [0, 0.1) is 5.82 Å². The highest BCUT2D eigenvalue weighted by atomic mass is 19.1. The van der Waals surface area contributed by atoms with Crippen LogP contribution in [-0.2, 0) is 0 Å². The largest absolute Gasteiger partial charge is 0.508 e. The third-order valence-corrected chi connectivity index (χ3v) is 4.43. The Hall–Kier alpha value is -3.09. The van der Waals surface area contributed by atoms with Crippen LogP contribution in [0.1, 0.15) is 10.4 Å². The number of fused-ring (bicyclic) bond motifs is 1. The van der Waals surface area contributed by atoms with Crippen LogP contribution in [0.3, 0.4) is 0 Å². The Bertz CT molecular complexity index is 899. The third kappa shape index (κ3) is 2.88. The zero-order valence-corrected chi connectivity index (χ0v) is 13.4. The number of aromatic nitrogens is 2. The first-order chi connectivity index (χ1) is 12.1. The van der Waals surface area contributed by atoms with Gasteiger partial charge in [0.25, 0.3) is 5.91 Å². The first-order valence-corrected chi connectivity index (χ1v) is 8.09. The fourth-order valence-electron chi connectivity index (χ4n) is 3.06. The van der Waals surface area contributed by atoms with Crippen LogP contribution in [0.25, 0.3) is 11.0 Å². The summed E-state index contributed by atoms with van der Waals surface area (Å²) in [4.78, 5) is 24.0. The van der Waals surface area contributed by atoms with Gasteiger partial charge in [-0.15, -0.1) is 0 Å². The number of amides is 1. The topological polar surface area (TPSA) is 72.5 Å². The van der Waals surface area contributed by atoms with Crippen molar-refractivity contribution in [2.75, 3.05) is 31.1 Å². The van der Waals surface area contributed by atoms with Gasteiger partial charge in [-0.2, -0.15) is 0 Å². The number of carbonyl (C=O) groups is 1. The smallest absolute Gasteiger partial charge is 0.256 e. The van der Waals surface area contributed by atoms with Gasteiger partial charge in [0, 0.05) is 32.2 Å². The fraction of sp³-hybridized carbons (Fsp3) is 0.222. The molecule has 4 rings (SSSR count). The maximum absolute atomic E-state index is 13.9. The number of anilines is 1. The van der Waals surface area contributed by atoms with E-state index in [1.165, 1.54) is 12.1 Å². The molecule has 0 unspecified atom stereocenters. The van der Waals surface area contributed by atoms with Crippen LogP contribution in [-0.4, -0.2) is 52.1 Å². The minimum atomic E-state index is -0.704. The number of imidazole rings is 1. The number of phenolic OH excluding ortho intramolecular Hbond substituents is 1. The van der Waals surface area contributed by atoms with Gasteiger partial charge in [0.05, 0.1) is 16.6 Å². The van der Waals surface area contributed by atoms with Gasteiger partial charge in [-0.25, -0.2) is 9.37 Å². The molecule has 6 nitrogen and oxygen atoms in total. The number of halogens is 1. The molecular formula is C18H17FN4O2. The van der Waals surface area contributed by atoms with Crippen molar-refractivity contribution in [3.05, 3.63) is 53.8 Å². The number of rotatable bonds is 2. The van der Waals surface area contributed by atoms with E-state index in [2.05, 4.69) is 14.9 Å². The van der Waals surface area contributed by atoms with E-state index in [1.807, 2.05) is 24.3 Å². The Morgan fingerprint density at radius 1 is 1.12 bits per heavy atom. The molecule has 1 amide bonds. The van der Waals surface area contributed by atoms with Gasteiger partial charge in [0.15, 0.2) is 0 Å². The first-order valence-electron chi connectivity index (χ1n) is 8.09. The van der Waals surface area contributed by atoms with Crippen LogP contribution in [0.4, 0.5) is 10.3 Å². The lowest BCUT2D eigenvalue weighted by Crippen LogP contribution is -2.49. The monoisotopic (exact) mass is 340 g/mol. The molecular weight excluding hydrogens is 323 g/mol. The quantitative estimate of drug-likeness (QED) is 0.751. The number of aromatic amines is 1. The van der Waals surface area contributed by atoms with Crippen LogP contribution >= 0.6 is 0 Å². The van der Waals surface area contributed by atoms with Crippen LogP contribution in [0.15, 0.2) is 42.5 Å². The number of nitrogens with zero attached hydrogens (tertiary/aromatic N) is 3. The number of phenols is 1. The summed E-state index contributed by atoms with van der Waals surface area (Å²) in [5, 5.41) is 9.27. The molecule has 0 saturated carbocycles. The van der Waals surface area contributed by atoms with Gasteiger partial charge in [-0.3, -0.25) is 4.79 Å². The summed E-state index contributed by atoms with van der Waals surface area (Å²) in [6.45, 7) is 2.20. The standard InChI is InChI=1S/C18H17FN4O2/c19-14-11-12(24)5-6-13(14)17(25)22-7-9-23(10-8-22)18-20-15-3-1-2-4-16(15)21-18/h1-6,11,24H,7-10H2,(H,20,21). The lowest BCUT2D eigenvalue weighted by atomic mass is 10.1. The van der Waals surface area contributed by atoms with Crippen molar-refractivity contribution < 1.29 is 14.3 Å². The Morgan fingerprint density at radius 3 is 2.60 bits per heavy atom. The lowest BCUT2D eigenvalue weighted by molar-refractivity contribution is 0.0741. The minimum absolute atomic E-state index is 0.0185. The van der Waals surface area contributed by atoms with Gasteiger partial charge in [0.1, 0.15) is 11.6 Å². The number of benzene rings is 2. The van der Waals surface area contributed by atoms with Crippen molar-refractivity contribution in [2.24, 2.45) is 0 Å². The van der Waals surface area contributed by atoms with E-state index in [4.69, 9.17) is 0 Å². The predicted octanol–water partition coefficient (Wildman–Crippen LogP) is 2.37. The Balaban J connectivity index is 1.46. The highest BCUT2D eigenvalue weighted by molar-refractivity contribution is 5.94. The number of nitrogens with one attached hydrogen (secondary N) is 1. The molecule has 1 aliphatic heterocycles. The van der Waals surface area contributed by atoms with Gasteiger partial charge in [-0.05, 0) is 24.3 Å². The minimum Gasteiger partial charge on any atom is -0.508 e. The van der Waals surface area contributed by atoms with E-state index in [1.54, 1.807) is 4.90 Å². The van der Waals surface area contributed by atoms with E-state index >= 15 is 0 Å². The molecule has 2 aromatic carbocycles. The second kappa shape index (κ2) is 6.08. The molecule has 7 heteroatoms. The van der Waals surface area contributed by atoms with Gasteiger partial charge >= 0.3 is 0 Å². The molecule has 0 radical (unpaired) electrons. The molecule has 0 atom stereocenters. The highest BCUT2D eigenvalue weighted by Gasteiger charge is 2.25. The van der Waals surface area contributed by atoms with Crippen molar-refractivity contribution in [1.29, 1.82) is 0 Å². The van der Waals surface area contributed by atoms with Crippen molar-refractivity contribution in [1.82, 2.24) is 14.9 Å². The summed E-state index contributed by atoms with van der Waals surface area (Å²) in [7, 11) is 0. The number of carbonyl (C=O) groups excluding carboxylic acids is 1. The van der Waals surface area contributed by atoms with Crippen molar-refractivity contribution in [3.8, 4) is 5.75 Å².